The van der Waals surface area contributed by atoms with E-state index in [0.717, 1.165) is 32.2 Å². The molecule has 130 valence electrons. The van der Waals surface area contributed by atoms with Crippen LogP contribution in [-0.4, -0.2) is 53.0 Å². The summed E-state index contributed by atoms with van der Waals surface area (Å²) in [5.74, 6) is 0. The van der Waals surface area contributed by atoms with Crippen LogP contribution in [0.25, 0.3) is 0 Å². The third kappa shape index (κ3) is 7.45. The normalized spacial score (nSPS) is 22.8. The van der Waals surface area contributed by atoms with Crippen LogP contribution in [0.4, 0.5) is 4.79 Å². The highest BCUT2D eigenvalue weighted by molar-refractivity contribution is 5.68. The van der Waals surface area contributed by atoms with Crippen LogP contribution in [0.3, 0.4) is 0 Å². The monoisotopic (exact) mass is 314 g/mol. The van der Waals surface area contributed by atoms with Crippen molar-refractivity contribution in [1.29, 1.82) is 0 Å². The van der Waals surface area contributed by atoms with Crippen molar-refractivity contribution in [1.82, 2.24) is 10.2 Å². The Morgan fingerprint density at radius 2 is 2.00 bits per heavy atom. The number of carbonyl (C=O) groups excluding carboxylic acids is 1. The smallest absolute Gasteiger partial charge is 0.410 e. The van der Waals surface area contributed by atoms with Crippen molar-refractivity contribution in [3.8, 4) is 0 Å². The molecule has 22 heavy (non-hydrogen) atoms. The van der Waals surface area contributed by atoms with Crippen LogP contribution < -0.4 is 5.32 Å². The Balaban J connectivity index is 2.63. The summed E-state index contributed by atoms with van der Waals surface area (Å²) in [7, 11) is 0. The Morgan fingerprint density at radius 1 is 1.32 bits per heavy atom. The Labute approximate surface area is 135 Å². The molecule has 3 unspecified atom stereocenters. The first-order chi connectivity index (χ1) is 10.2. The Kier molecular flexibility index (Phi) is 7.63. The van der Waals surface area contributed by atoms with E-state index in [1.165, 1.54) is 6.42 Å². The van der Waals surface area contributed by atoms with Gasteiger partial charge in [0.05, 0.1) is 6.10 Å². The summed E-state index contributed by atoms with van der Waals surface area (Å²) in [6.45, 7) is 11.0. The van der Waals surface area contributed by atoms with Crippen LogP contribution in [0.5, 0.6) is 0 Å². The molecule has 1 heterocycles. The molecule has 1 aliphatic rings. The van der Waals surface area contributed by atoms with Crippen LogP contribution in [0.15, 0.2) is 0 Å². The molecule has 0 spiro atoms. The minimum Gasteiger partial charge on any atom is -0.444 e. The largest absolute Gasteiger partial charge is 0.444 e. The molecule has 5 heteroatoms. The number of rotatable bonds is 5. The molecule has 1 saturated heterocycles. The first-order valence-corrected chi connectivity index (χ1v) is 8.60. The van der Waals surface area contributed by atoms with Crippen molar-refractivity contribution in [2.45, 2.75) is 90.5 Å². The summed E-state index contributed by atoms with van der Waals surface area (Å²) < 4.78 is 5.57. The van der Waals surface area contributed by atoms with Gasteiger partial charge in [-0.2, -0.15) is 0 Å². The van der Waals surface area contributed by atoms with Crippen LogP contribution in [0.1, 0.15) is 66.7 Å². The second kappa shape index (κ2) is 8.73. The fraction of sp³-hybridized carbons (Fsp3) is 0.941. The van der Waals surface area contributed by atoms with Crippen LogP contribution in [0.2, 0.25) is 0 Å². The van der Waals surface area contributed by atoms with Crippen molar-refractivity contribution < 1.29 is 14.6 Å². The van der Waals surface area contributed by atoms with Gasteiger partial charge in [0.1, 0.15) is 5.60 Å². The Bertz CT molecular complexity index is 339. The van der Waals surface area contributed by atoms with Gasteiger partial charge in [-0.25, -0.2) is 4.79 Å². The zero-order valence-electron chi connectivity index (χ0n) is 14.9. The third-order valence-corrected chi connectivity index (χ3v) is 3.89. The van der Waals surface area contributed by atoms with E-state index in [9.17, 15) is 9.90 Å². The molecule has 1 aliphatic heterocycles. The van der Waals surface area contributed by atoms with E-state index in [1.807, 2.05) is 25.7 Å². The fourth-order valence-electron chi connectivity index (χ4n) is 2.85. The van der Waals surface area contributed by atoms with Gasteiger partial charge in [-0.05, 0) is 53.9 Å². The van der Waals surface area contributed by atoms with Crippen LogP contribution in [0, 0.1) is 0 Å². The predicted octanol–water partition coefficient (Wildman–Crippen LogP) is 2.92. The number of hydrogen-bond donors (Lipinski definition) is 2. The van der Waals surface area contributed by atoms with Gasteiger partial charge in [0.2, 0.25) is 0 Å². The molecule has 1 amide bonds. The number of aliphatic hydroxyl groups excluding tert-OH is 1. The number of nitrogens with zero attached hydrogens (tertiary/aromatic N) is 1. The lowest BCUT2D eigenvalue weighted by molar-refractivity contribution is 0.0149. The average Bonchev–Trinajstić information content (AvgIpc) is 2.59. The van der Waals surface area contributed by atoms with E-state index < -0.39 is 5.60 Å². The van der Waals surface area contributed by atoms with E-state index in [0.29, 0.717) is 6.54 Å². The molecule has 0 aromatic carbocycles. The number of likely N-dealkylation sites (tertiary alicyclic amines) is 1. The van der Waals surface area contributed by atoms with Crippen molar-refractivity contribution in [2.75, 3.05) is 13.1 Å². The highest BCUT2D eigenvalue weighted by Crippen LogP contribution is 2.23. The van der Waals surface area contributed by atoms with Crippen molar-refractivity contribution in [3.05, 3.63) is 0 Å². The number of amides is 1. The zero-order valence-corrected chi connectivity index (χ0v) is 14.9. The van der Waals surface area contributed by atoms with E-state index in [2.05, 4.69) is 12.2 Å². The highest BCUT2D eigenvalue weighted by Gasteiger charge is 2.30. The summed E-state index contributed by atoms with van der Waals surface area (Å²) in [4.78, 5) is 14.4. The molecule has 3 atom stereocenters. The quantitative estimate of drug-likeness (QED) is 0.819. The van der Waals surface area contributed by atoms with Crippen molar-refractivity contribution in [3.63, 3.8) is 0 Å². The molecule has 0 aromatic rings. The molecule has 0 aromatic heterocycles. The molecule has 1 fully saturated rings. The molecule has 5 nitrogen and oxygen atoms in total. The van der Waals surface area contributed by atoms with Gasteiger partial charge in [0, 0.05) is 25.2 Å². The van der Waals surface area contributed by atoms with E-state index in [1.54, 1.807) is 6.92 Å². The van der Waals surface area contributed by atoms with Gasteiger partial charge in [-0.3, -0.25) is 0 Å². The molecule has 0 aliphatic carbocycles. The Hall–Kier alpha value is -0.810. The maximum Gasteiger partial charge on any atom is 0.410 e. The lowest BCUT2D eigenvalue weighted by Crippen LogP contribution is -2.46. The molecular weight excluding hydrogens is 280 g/mol. The lowest BCUT2D eigenvalue weighted by Gasteiger charge is -2.34. The summed E-state index contributed by atoms with van der Waals surface area (Å²) in [6.07, 6.45) is 4.76. The number of nitrogens with one attached hydrogen (secondary N) is 1. The van der Waals surface area contributed by atoms with Gasteiger partial charge in [-0.1, -0.05) is 12.8 Å². The first kappa shape index (κ1) is 19.2. The SMILES string of the molecule is CC(O)CNC(C)CC1CCCCCN1C(=O)OC(C)(C)C. The van der Waals surface area contributed by atoms with Crippen LogP contribution >= 0.6 is 0 Å². The number of hydrogen-bond acceptors (Lipinski definition) is 4. The van der Waals surface area contributed by atoms with Crippen molar-refractivity contribution in [2.24, 2.45) is 0 Å². The fourth-order valence-corrected chi connectivity index (χ4v) is 2.85. The van der Waals surface area contributed by atoms with E-state index >= 15 is 0 Å². The van der Waals surface area contributed by atoms with Gasteiger partial charge >= 0.3 is 6.09 Å². The second-order valence-electron chi connectivity index (χ2n) is 7.57. The summed E-state index contributed by atoms with van der Waals surface area (Å²) in [6, 6.07) is 0.483. The van der Waals surface area contributed by atoms with E-state index in [-0.39, 0.29) is 24.3 Å². The minimum absolute atomic E-state index is 0.192. The minimum atomic E-state index is -0.454. The topological polar surface area (TPSA) is 61.8 Å². The number of aliphatic hydroxyl groups is 1. The maximum atomic E-state index is 12.5. The number of carbonyl (C=O) groups is 1. The van der Waals surface area contributed by atoms with Crippen molar-refractivity contribution >= 4 is 6.09 Å². The summed E-state index contributed by atoms with van der Waals surface area (Å²) in [5.41, 5.74) is -0.454. The van der Waals surface area contributed by atoms with Gasteiger partial charge < -0.3 is 20.1 Å². The van der Waals surface area contributed by atoms with Gasteiger partial charge in [-0.15, -0.1) is 0 Å². The highest BCUT2D eigenvalue weighted by atomic mass is 16.6. The standard InChI is InChI=1S/C17H34N2O3/c1-13(18-12-14(2)20)11-15-9-7-6-8-10-19(15)16(21)22-17(3,4)5/h13-15,18,20H,6-12H2,1-5H3. The number of ether oxygens (including phenoxy) is 1. The van der Waals surface area contributed by atoms with Crippen LogP contribution in [-0.2, 0) is 4.74 Å². The lowest BCUT2D eigenvalue weighted by atomic mass is 10.0. The molecule has 1 rings (SSSR count). The first-order valence-electron chi connectivity index (χ1n) is 8.60. The van der Waals surface area contributed by atoms with Gasteiger partial charge in [0.15, 0.2) is 0 Å². The Morgan fingerprint density at radius 3 is 2.59 bits per heavy atom. The maximum absolute atomic E-state index is 12.5. The molecule has 0 saturated carbocycles. The molecule has 0 bridgehead atoms. The molecular formula is C17H34N2O3. The second-order valence-corrected chi connectivity index (χ2v) is 7.57. The average molecular weight is 314 g/mol. The van der Waals surface area contributed by atoms with E-state index in [4.69, 9.17) is 4.74 Å². The van der Waals surface area contributed by atoms with Gasteiger partial charge in [0.25, 0.3) is 0 Å². The summed E-state index contributed by atoms with van der Waals surface area (Å²) >= 11 is 0. The summed E-state index contributed by atoms with van der Waals surface area (Å²) in [5, 5.41) is 12.7. The molecule has 2 N–H and O–H groups in total. The zero-order chi connectivity index (χ0) is 16.8. The molecule has 0 radical (unpaired) electrons. The third-order valence-electron chi connectivity index (χ3n) is 3.89. The predicted molar refractivity (Wildman–Crippen MR) is 89.0 cm³/mol.